The average Bonchev–Trinajstić information content (AvgIpc) is 2.48. The van der Waals surface area contributed by atoms with Crippen LogP contribution in [0.25, 0.3) is 0 Å². The number of rotatable bonds is 4. The molecule has 0 saturated carbocycles. The summed E-state index contributed by atoms with van der Waals surface area (Å²) in [4.78, 5) is 25.5. The van der Waals surface area contributed by atoms with Crippen molar-refractivity contribution in [1.82, 2.24) is 0 Å². The second kappa shape index (κ2) is 7.22. The van der Waals surface area contributed by atoms with E-state index in [1.54, 1.807) is 12.1 Å². The van der Waals surface area contributed by atoms with Gasteiger partial charge in [-0.1, -0.05) is 34.1 Å². The van der Waals surface area contributed by atoms with Crippen LogP contribution in [-0.4, -0.2) is 18.4 Å². The van der Waals surface area contributed by atoms with Crippen LogP contribution in [0.15, 0.2) is 53.0 Å². The summed E-state index contributed by atoms with van der Waals surface area (Å²) in [5.41, 5.74) is 2.40. The first-order valence-electron chi connectivity index (χ1n) is 6.86. The zero-order valence-corrected chi connectivity index (χ0v) is 14.1. The number of aryl methyl sites for hydroxylation is 1. The lowest BCUT2D eigenvalue weighted by atomic mass is 10.2. The SMILES string of the molecule is CC(=O)N(CC(=O)Nc1ccc(Br)cc1)c1ccccc1C. The number of para-hydroxylation sites is 1. The van der Waals surface area contributed by atoms with Gasteiger partial charge in [0.05, 0.1) is 0 Å². The fourth-order valence-corrected chi connectivity index (χ4v) is 2.37. The van der Waals surface area contributed by atoms with E-state index in [1.807, 2.05) is 43.3 Å². The van der Waals surface area contributed by atoms with Crippen molar-refractivity contribution in [2.24, 2.45) is 0 Å². The molecule has 0 bridgehead atoms. The number of carbonyl (C=O) groups is 2. The zero-order chi connectivity index (χ0) is 16.1. The first kappa shape index (κ1) is 16.2. The molecular weight excluding hydrogens is 344 g/mol. The lowest BCUT2D eigenvalue weighted by Gasteiger charge is -2.22. The maximum absolute atomic E-state index is 12.2. The van der Waals surface area contributed by atoms with Crippen LogP contribution in [0.2, 0.25) is 0 Å². The lowest BCUT2D eigenvalue weighted by Crippen LogP contribution is -2.37. The Morgan fingerprint density at radius 1 is 1.09 bits per heavy atom. The normalized spacial score (nSPS) is 10.1. The van der Waals surface area contributed by atoms with E-state index in [9.17, 15) is 9.59 Å². The Labute approximate surface area is 138 Å². The van der Waals surface area contributed by atoms with Gasteiger partial charge in [-0.2, -0.15) is 0 Å². The van der Waals surface area contributed by atoms with Gasteiger partial charge >= 0.3 is 0 Å². The van der Waals surface area contributed by atoms with Gasteiger partial charge in [0, 0.05) is 22.8 Å². The van der Waals surface area contributed by atoms with E-state index in [2.05, 4.69) is 21.2 Å². The summed E-state index contributed by atoms with van der Waals surface area (Å²) in [6.45, 7) is 3.35. The summed E-state index contributed by atoms with van der Waals surface area (Å²) in [6.07, 6.45) is 0. The first-order chi connectivity index (χ1) is 10.5. The monoisotopic (exact) mass is 360 g/mol. The molecule has 0 atom stereocenters. The van der Waals surface area contributed by atoms with Crippen LogP contribution in [-0.2, 0) is 9.59 Å². The fourth-order valence-electron chi connectivity index (χ4n) is 2.11. The van der Waals surface area contributed by atoms with E-state index in [0.717, 1.165) is 15.7 Å². The van der Waals surface area contributed by atoms with Gasteiger partial charge in [-0.05, 0) is 42.8 Å². The molecule has 0 heterocycles. The third kappa shape index (κ3) is 4.18. The molecule has 2 aromatic carbocycles. The number of nitrogens with one attached hydrogen (secondary N) is 1. The lowest BCUT2D eigenvalue weighted by molar-refractivity contribution is -0.120. The summed E-state index contributed by atoms with van der Waals surface area (Å²) in [5, 5.41) is 2.79. The Hall–Kier alpha value is -2.14. The highest BCUT2D eigenvalue weighted by Crippen LogP contribution is 2.20. The van der Waals surface area contributed by atoms with Gasteiger partial charge in [0.2, 0.25) is 11.8 Å². The van der Waals surface area contributed by atoms with Crippen LogP contribution in [0.4, 0.5) is 11.4 Å². The second-order valence-electron chi connectivity index (χ2n) is 4.95. The Morgan fingerprint density at radius 2 is 1.73 bits per heavy atom. The molecule has 114 valence electrons. The average molecular weight is 361 g/mol. The fraction of sp³-hybridized carbons (Fsp3) is 0.176. The molecule has 0 saturated heterocycles. The molecule has 0 aliphatic carbocycles. The summed E-state index contributed by atoms with van der Waals surface area (Å²) in [6, 6.07) is 14.8. The number of carbonyl (C=O) groups excluding carboxylic acids is 2. The molecule has 0 aliphatic heterocycles. The number of benzene rings is 2. The molecule has 0 fully saturated rings. The van der Waals surface area contributed by atoms with E-state index in [0.29, 0.717) is 5.69 Å². The maximum Gasteiger partial charge on any atom is 0.244 e. The van der Waals surface area contributed by atoms with Crippen LogP contribution in [0.5, 0.6) is 0 Å². The molecule has 0 unspecified atom stereocenters. The summed E-state index contributed by atoms with van der Waals surface area (Å²) < 4.78 is 0.941. The third-order valence-electron chi connectivity index (χ3n) is 3.22. The van der Waals surface area contributed by atoms with Crippen LogP contribution in [0.3, 0.4) is 0 Å². The quantitative estimate of drug-likeness (QED) is 0.902. The molecule has 5 heteroatoms. The van der Waals surface area contributed by atoms with E-state index >= 15 is 0 Å². The van der Waals surface area contributed by atoms with Gasteiger partial charge < -0.3 is 10.2 Å². The van der Waals surface area contributed by atoms with E-state index < -0.39 is 0 Å². The van der Waals surface area contributed by atoms with Crippen LogP contribution >= 0.6 is 15.9 Å². The highest BCUT2D eigenvalue weighted by molar-refractivity contribution is 9.10. The number of amides is 2. The zero-order valence-electron chi connectivity index (χ0n) is 12.5. The molecule has 1 N–H and O–H groups in total. The Morgan fingerprint density at radius 3 is 2.32 bits per heavy atom. The van der Waals surface area contributed by atoms with Crippen molar-refractivity contribution in [3.05, 3.63) is 58.6 Å². The van der Waals surface area contributed by atoms with E-state index in [1.165, 1.54) is 11.8 Å². The number of nitrogens with zero attached hydrogens (tertiary/aromatic N) is 1. The molecule has 2 aromatic rings. The highest BCUT2D eigenvalue weighted by Gasteiger charge is 2.17. The Balaban J connectivity index is 2.11. The van der Waals surface area contributed by atoms with Gasteiger partial charge in [0.15, 0.2) is 0 Å². The van der Waals surface area contributed by atoms with Gasteiger partial charge in [0.25, 0.3) is 0 Å². The molecule has 2 rings (SSSR count). The Bertz CT molecular complexity index is 683. The predicted octanol–water partition coefficient (Wildman–Crippen LogP) is 3.75. The van der Waals surface area contributed by atoms with Crippen LogP contribution in [0.1, 0.15) is 12.5 Å². The van der Waals surface area contributed by atoms with E-state index in [4.69, 9.17) is 0 Å². The van der Waals surface area contributed by atoms with Crippen molar-refractivity contribution >= 4 is 39.1 Å². The second-order valence-corrected chi connectivity index (χ2v) is 5.86. The first-order valence-corrected chi connectivity index (χ1v) is 7.66. The van der Waals surface area contributed by atoms with Gasteiger partial charge in [-0.3, -0.25) is 9.59 Å². The van der Waals surface area contributed by atoms with Crippen molar-refractivity contribution in [1.29, 1.82) is 0 Å². The number of halogens is 1. The molecule has 0 aromatic heterocycles. The smallest absolute Gasteiger partial charge is 0.244 e. The summed E-state index contributed by atoms with van der Waals surface area (Å²) >= 11 is 3.34. The molecule has 0 spiro atoms. The molecule has 22 heavy (non-hydrogen) atoms. The predicted molar refractivity (Wildman–Crippen MR) is 92.0 cm³/mol. The van der Waals surface area contributed by atoms with Crippen molar-refractivity contribution in [2.45, 2.75) is 13.8 Å². The molecule has 4 nitrogen and oxygen atoms in total. The van der Waals surface area contributed by atoms with Crippen molar-refractivity contribution in [2.75, 3.05) is 16.8 Å². The van der Waals surface area contributed by atoms with Gasteiger partial charge in [-0.15, -0.1) is 0 Å². The van der Waals surface area contributed by atoms with Crippen molar-refractivity contribution in [3.8, 4) is 0 Å². The molecule has 2 amide bonds. The van der Waals surface area contributed by atoms with Crippen molar-refractivity contribution < 1.29 is 9.59 Å². The molecule has 0 aliphatic rings. The molecule has 0 radical (unpaired) electrons. The minimum absolute atomic E-state index is 0.0176. The Kier molecular flexibility index (Phi) is 5.33. The topological polar surface area (TPSA) is 49.4 Å². The maximum atomic E-state index is 12.2. The molecular formula is C17H17BrN2O2. The van der Waals surface area contributed by atoms with E-state index in [-0.39, 0.29) is 18.4 Å². The summed E-state index contributed by atoms with van der Waals surface area (Å²) in [5.74, 6) is -0.402. The standard InChI is InChI=1S/C17H17BrN2O2/c1-12-5-3-4-6-16(12)20(13(2)21)11-17(22)19-15-9-7-14(18)8-10-15/h3-10H,11H2,1-2H3,(H,19,22). The third-order valence-corrected chi connectivity index (χ3v) is 3.74. The van der Waals surface area contributed by atoms with Crippen molar-refractivity contribution in [3.63, 3.8) is 0 Å². The minimum Gasteiger partial charge on any atom is -0.325 e. The minimum atomic E-state index is -0.235. The van der Waals surface area contributed by atoms with Crippen LogP contribution < -0.4 is 10.2 Å². The number of hydrogen-bond donors (Lipinski definition) is 1. The van der Waals surface area contributed by atoms with Gasteiger partial charge in [-0.25, -0.2) is 0 Å². The summed E-state index contributed by atoms with van der Waals surface area (Å²) in [7, 11) is 0. The van der Waals surface area contributed by atoms with Crippen LogP contribution in [0, 0.1) is 6.92 Å². The van der Waals surface area contributed by atoms with Gasteiger partial charge in [0.1, 0.15) is 6.54 Å². The highest BCUT2D eigenvalue weighted by atomic mass is 79.9. The largest absolute Gasteiger partial charge is 0.325 e. The number of anilines is 2. The number of hydrogen-bond acceptors (Lipinski definition) is 2.